The Morgan fingerprint density at radius 1 is 1.37 bits per heavy atom. The zero-order valence-electron chi connectivity index (χ0n) is 14.0. The quantitative estimate of drug-likeness (QED) is 0.263. The van der Waals surface area contributed by atoms with Gasteiger partial charge in [-0.25, -0.2) is 9.98 Å². The Hall–Kier alpha value is -4.38. The second-order valence-electron chi connectivity index (χ2n) is 5.67. The number of pyridine rings is 1. The highest BCUT2D eigenvalue weighted by molar-refractivity contribution is 5.98. The molecule has 2 aromatic rings. The number of nitro groups is 1. The molecule has 0 bridgehead atoms. The normalized spacial score (nSPS) is 14.8. The molecule has 1 aromatic heterocycles. The van der Waals surface area contributed by atoms with E-state index in [1.807, 2.05) is 6.07 Å². The summed E-state index contributed by atoms with van der Waals surface area (Å²) in [4.78, 5) is 19.6. The third-order valence-corrected chi connectivity index (χ3v) is 4.10. The molecular weight excluding hydrogens is 350 g/mol. The van der Waals surface area contributed by atoms with E-state index in [2.05, 4.69) is 20.6 Å². The number of hydrogen-bond donors (Lipinski definition) is 4. The van der Waals surface area contributed by atoms with E-state index in [1.54, 1.807) is 31.3 Å². The largest absolute Gasteiger partial charge is 0.397 e. The molecule has 11 nitrogen and oxygen atoms in total. The number of anilines is 3. The molecule has 1 atom stereocenters. The molecule has 6 N–H and O–H groups in total. The molecule has 0 saturated heterocycles. The number of fused-ring (bicyclic) bond motifs is 1. The highest BCUT2D eigenvalue weighted by Crippen LogP contribution is 2.43. The van der Waals surface area contributed by atoms with Crippen LogP contribution in [-0.4, -0.2) is 15.9 Å². The molecule has 0 saturated carbocycles. The molecule has 3 rings (SSSR count). The number of nitrogens with one attached hydrogen (secondary N) is 2. The SMILES string of the molecule is Cc1cccc(C2N=C(NC#N)Nc3nc(N)c(C#N)c(N)c32)c1[N+](=O)[O-]. The zero-order valence-corrected chi connectivity index (χ0v) is 14.0. The van der Waals surface area contributed by atoms with Gasteiger partial charge in [0.2, 0.25) is 5.96 Å². The second kappa shape index (κ2) is 6.50. The number of benzene rings is 1. The summed E-state index contributed by atoms with van der Waals surface area (Å²) in [5.41, 5.74) is 12.7. The van der Waals surface area contributed by atoms with Gasteiger partial charge in [-0.15, -0.1) is 0 Å². The van der Waals surface area contributed by atoms with Gasteiger partial charge in [-0.3, -0.25) is 15.4 Å². The number of rotatable bonds is 2. The van der Waals surface area contributed by atoms with E-state index in [1.165, 1.54) is 0 Å². The number of aryl methyl sites for hydroxylation is 1. The van der Waals surface area contributed by atoms with Crippen LogP contribution in [0.3, 0.4) is 0 Å². The average molecular weight is 363 g/mol. The number of aromatic nitrogens is 1. The average Bonchev–Trinajstić information content (AvgIpc) is 2.61. The predicted molar refractivity (Wildman–Crippen MR) is 97.3 cm³/mol. The molecule has 27 heavy (non-hydrogen) atoms. The highest BCUT2D eigenvalue weighted by atomic mass is 16.6. The molecule has 0 aliphatic carbocycles. The Morgan fingerprint density at radius 2 is 2.11 bits per heavy atom. The lowest BCUT2D eigenvalue weighted by molar-refractivity contribution is -0.386. The van der Waals surface area contributed by atoms with Crippen molar-refractivity contribution in [2.24, 2.45) is 4.99 Å². The van der Waals surface area contributed by atoms with Gasteiger partial charge >= 0.3 is 0 Å². The van der Waals surface area contributed by atoms with Crippen LogP contribution in [0.15, 0.2) is 23.2 Å². The van der Waals surface area contributed by atoms with Crippen LogP contribution in [0.5, 0.6) is 0 Å². The number of nitro benzene ring substituents is 1. The van der Waals surface area contributed by atoms with Crippen molar-refractivity contribution >= 4 is 29.0 Å². The fourth-order valence-electron chi connectivity index (χ4n) is 2.96. The highest BCUT2D eigenvalue weighted by Gasteiger charge is 2.34. The number of nitrogens with zero attached hydrogens (tertiary/aromatic N) is 5. The smallest absolute Gasteiger partial charge is 0.277 e. The first-order chi connectivity index (χ1) is 12.9. The summed E-state index contributed by atoms with van der Waals surface area (Å²) in [6.45, 7) is 1.60. The number of aliphatic imine (C=N–C) groups is 1. The van der Waals surface area contributed by atoms with Gasteiger partial charge in [-0.05, 0) is 13.0 Å². The Labute approximate surface area is 153 Å². The topological polar surface area (TPSA) is 192 Å². The molecular formula is C16H13N9O2. The predicted octanol–water partition coefficient (Wildman–Crippen LogP) is 1.28. The van der Waals surface area contributed by atoms with Gasteiger partial charge in [0, 0.05) is 11.1 Å². The standard InChI is InChI=1S/C16H13N9O2/c1-7-3-2-4-8(13(7)25(26)27)12-10-11(19)9(5-17)14(20)23-15(10)24-16(22-12)21-6-18/h2-4,12H,1H3,(H6,19,20,21,22,23,24). The first kappa shape index (κ1) is 17.4. The molecule has 1 unspecified atom stereocenters. The molecule has 11 heteroatoms. The van der Waals surface area contributed by atoms with Crippen LogP contribution in [0, 0.1) is 39.8 Å². The van der Waals surface area contributed by atoms with Gasteiger partial charge < -0.3 is 16.8 Å². The van der Waals surface area contributed by atoms with Crippen LogP contribution in [0.25, 0.3) is 0 Å². The molecule has 0 fully saturated rings. The summed E-state index contributed by atoms with van der Waals surface area (Å²) in [7, 11) is 0. The number of para-hydroxylation sites is 1. The van der Waals surface area contributed by atoms with Gasteiger partial charge in [0.1, 0.15) is 29.3 Å². The molecule has 1 aliphatic heterocycles. The Balaban J connectivity index is 2.35. The van der Waals surface area contributed by atoms with Crippen LogP contribution >= 0.6 is 0 Å². The van der Waals surface area contributed by atoms with Crippen molar-refractivity contribution in [1.29, 1.82) is 10.5 Å². The molecule has 0 radical (unpaired) electrons. The molecule has 2 heterocycles. The Morgan fingerprint density at radius 3 is 2.74 bits per heavy atom. The summed E-state index contributed by atoms with van der Waals surface area (Å²) in [6, 6.07) is 5.72. The Bertz CT molecular complexity index is 1080. The maximum atomic E-state index is 11.6. The van der Waals surface area contributed by atoms with Crippen LogP contribution in [0.4, 0.5) is 23.0 Å². The lowest BCUT2D eigenvalue weighted by Crippen LogP contribution is -2.33. The molecule has 1 aromatic carbocycles. The van der Waals surface area contributed by atoms with Crippen LogP contribution in [-0.2, 0) is 0 Å². The Kier molecular flexibility index (Phi) is 4.20. The van der Waals surface area contributed by atoms with Gasteiger partial charge in [-0.1, -0.05) is 12.1 Å². The van der Waals surface area contributed by atoms with E-state index >= 15 is 0 Å². The fourth-order valence-corrected chi connectivity index (χ4v) is 2.96. The third kappa shape index (κ3) is 2.79. The maximum Gasteiger partial charge on any atom is 0.277 e. The number of nitrogen functional groups attached to an aromatic ring is 2. The minimum atomic E-state index is -0.961. The van der Waals surface area contributed by atoms with E-state index in [4.69, 9.17) is 16.7 Å². The van der Waals surface area contributed by atoms with Crippen LogP contribution in [0.2, 0.25) is 0 Å². The second-order valence-corrected chi connectivity index (χ2v) is 5.67. The van der Waals surface area contributed by atoms with E-state index in [0.29, 0.717) is 5.56 Å². The molecule has 134 valence electrons. The first-order valence-electron chi connectivity index (χ1n) is 7.61. The summed E-state index contributed by atoms with van der Waals surface area (Å²) < 4.78 is 0. The summed E-state index contributed by atoms with van der Waals surface area (Å²) in [5, 5.41) is 34.9. The van der Waals surface area contributed by atoms with Crippen LogP contribution in [0.1, 0.15) is 28.3 Å². The van der Waals surface area contributed by atoms with E-state index in [-0.39, 0.29) is 45.7 Å². The zero-order chi connectivity index (χ0) is 19.7. The van der Waals surface area contributed by atoms with Crippen molar-refractivity contribution in [2.75, 3.05) is 16.8 Å². The van der Waals surface area contributed by atoms with Gasteiger partial charge in [-0.2, -0.15) is 10.5 Å². The van der Waals surface area contributed by atoms with Gasteiger partial charge in [0.05, 0.1) is 16.2 Å². The maximum absolute atomic E-state index is 11.6. The van der Waals surface area contributed by atoms with Crippen molar-refractivity contribution in [3.05, 3.63) is 50.6 Å². The number of hydrogen-bond acceptors (Lipinski definition) is 10. The first-order valence-corrected chi connectivity index (χ1v) is 7.61. The van der Waals surface area contributed by atoms with E-state index in [9.17, 15) is 15.4 Å². The molecule has 0 amide bonds. The van der Waals surface area contributed by atoms with Crippen molar-refractivity contribution in [1.82, 2.24) is 10.3 Å². The minimum Gasteiger partial charge on any atom is -0.397 e. The van der Waals surface area contributed by atoms with Crippen molar-refractivity contribution in [3.8, 4) is 12.3 Å². The van der Waals surface area contributed by atoms with Crippen molar-refractivity contribution in [2.45, 2.75) is 13.0 Å². The third-order valence-electron chi connectivity index (χ3n) is 4.10. The van der Waals surface area contributed by atoms with Crippen molar-refractivity contribution < 1.29 is 4.92 Å². The molecule has 0 spiro atoms. The fraction of sp³-hybridized carbons (Fsp3) is 0.125. The summed E-state index contributed by atoms with van der Waals surface area (Å²) in [5.74, 6) is 0.0938. The number of nitriles is 2. The van der Waals surface area contributed by atoms with Gasteiger partial charge in [0.25, 0.3) is 5.69 Å². The number of nitrogens with two attached hydrogens (primary N) is 2. The monoisotopic (exact) mass is 363 g/mol. The minimum absolute atomic E-state index is 0.0214. The summed E-state index contributed by atoms with van der Waals surface area (Å²) in [6.07, 6.45) is 1.72. The summed E-state index contributed by atoms with van der Waals surface area (Å²) >= 11 is 0. The lowest BCUT2D eigenvalue weighted by Gasteiger charge is -2.26. The van der Waals surface area contributed by atoms with E-state index in [0.717, 1.165) is 0 Å². The van der Waals surface area contributed by atoms with Gasteiger partial charge in [0.15, 0.2) is 6.19 Å². The van der Waals surface area contributed by atoms with Crippen LogP contribution < -0.4 is 22.1 Å². The lowest BCUT2D eigenvalue weighted by atomic mass is 9.92. The molecule has 1 aliphatic rings. The number of guanidine groups is 1. The van der Waals surface area contributed by atoms with E-state index < -0.39 is 11.0 Å². The van der Waals surface area contributed by atoms with Crippen molar-refractivity contribution in [3.63, 3.8) is 0 Å².